The summed E-state index contributed by atoms with van der Waals surface area (Å²) in [6.45, 7) is 6.24. The molecule has 47 heavy (non-hydrogen) atoms. The number of carboxylic acid groups (broad SMARTS) is 1. The van der Waals surface area contributed by atoms with Crippen LogP contribution in [0.4, 0.5) is 0 Å². The number of hydrogen-bond acceptors (Lipinski definition) is 9. The molecular formula is C34H36ClN7O4S. The summed E-state index contributed by atoms with van der Waals surface area (Å²) in [4.78, 5) is 42.1. The molecule has 1 aliphatic heterocycles. The number of ether oxygens (including phenoxy) is 1. The molecule has 1 aromatic carbocycles. The first kappa shape index (κ1) is 31.5. The Morgan fingerprint density at radius 3 is 2.68 bits per heavy atom. The zero-order chi connectivity index (χ0) is 32.8. The normalized spacial score (nSPS) is 17.2. The summed E-state index contributed by atoms with van der Waals surface area (Å²) in [6, 6.07) is 7.62. The van der Waals surface area contributed by atoms with Gasteiger partial charge in [-0.1, -0.05) is 11.6 Å². The molecule has 0 spiro atoms. The highest BCUT2D eigenvalue weighted by Gasteiger charge is 2.32. The van der Waals surface area contributed by atoms with E-state index in [1.54, 1.807) is 27.0 Å². The van der Waals surface area contributed by atoms with Crippen molar-refractivity contribution in [2.45, 2.75) is 64.5 Å². The molecule has 5 heterocycles. The standard InChI is InChI=1S/C34H36ClN7O4S/c1-19-14-25(31-30(37-19)27(17-47-31)34(44)45)24-15-22(35)4-7-29(24)46-13-12-42-20(2)38-28-6-5-23(16-26(28)33(42)43)41-10-8-21(9-11-41)32-36-18-40(3)39-32/h4,7,14-15,17-18,21,23H,5-6,8-13,16H2,1-3H3,(H,44,45)/t23-/m0/s1. The average molecular weight is 674 g/mol. The number of aryl methyl sites for hydroxylation is 4. The number of aromatic carboxylic acids is 1. The number of benzene rings is 1. The van der Waals surface area contributed by atoms with Crippen molar-refractivity contribution < 1.29 is 14.6 Å². The van der Waals surface area contributed by atoms with E-state index in [4.69, 9.17) is 21.3 Å². The highest BCUT2D eigenvalue weighted by molar-refractivity contribution is 7.18. The van der Waals surface area contributed by atoms with Gasteiger partial charge in [-0.15, -0.1) is 11.3 Å². The van der Waals surface area contributed by atoms with Gasteiger partial charge in [0.05, 0.1) is 28.0 Å². The molecule has 0 amide bonds. The number of aromatic nitrogens is 6. The number of pyridine rings is 1. The third-order valence-electron chi connectivity index (χ3n) is 9.41. The first-order chi connectivity index (χ1) is 22.7. The van der Waals surface area contributed by atoms with Crippen LogP contribution in [0.1, 0.15) is 64.1 Å². The van der Waals surface area contributed by atoms with Gasteiger partial charge >= 0.3 is 5.97 Å². The van der Waals surface area contributed by atoms with Crippen LogP contribution in [0.15, 0.2) is 40.8 Å². The zero-order valence-corrected chi connectivity index (χ0v) is 28.1. The fraction of sp³-hybridized carbons (Fsp3) is 0.412. The van der Waals surface area contributed by atoms with Crippen molar-refractivity contribution >= 4 is 39.1 Å². The summed E-state index contributed by atoms with van der Waals surface area (Å²) in [5.41, 5.74) is 4.59. The molecule has 1 N–H and O–H groups in total. The number of fused-ring (bicyclic) bond motifs is 2. The largest absolute Gasteiger partial charge is 0.491 e. The van der Waals surface area contributed by atoms with Gasteiger partial charge in [0, 0.05) is 51.8 Å². The topological polar surface area (TPSA) is 128 Å². The van der Waals surface area contributed by atoms with Gasteiger partial charge in [0.15, 0.2) is 5.82 Å². The highest BCUT2D eigenvalue weighted by atomic mass is 35.5. The number of nitrogens with zero attached hydrogens (tertiary/aromatic N) is 7. The Hall–Kier alpha value is -4.13. The highest BCUT2D eigenvalue weighted by Crippen LogP contribution is 2.40. The van der Waals surface area contributed by atoms with Crippen molar-refractivity contribution in [3.05, 3.63) is 85.5 Å². The number of thiophene rings is 1. The molecule has 4 aromatic heterocycles. The lowest BCUT2D eigenvalue weighted by molar-refractivity contribution is 0.0699. The molecule has 1 atom stereocenters. The minimum absolute atomic E-state index is 0.0101. The predicted octanol–water partition coefficient (Wildman–Crippen LogP) is 5.43. The number of piperidine rings is 1. The summed E-state index contributed by atoms with van der Waals surface area (Å²) in [7, 11) is 1.90. The molecule has 1 saturated heterocycles. The van der Waals surface area contributed by atoms with Gasteiger partial charge in [0.25, 0.3) is 5.56 Å². The van der Waals surface area contributed by atoms with Gasteiger partial charge < -0.3 is 9.84 Å². The number of carboxylic acids is 1. The molecule has 5 aromatic rings. The molecule has 1 aliphatic carbocycles. The van der Waals surface area contributed by atoms with E-state index in [1.807, 2.05) is 39.1 Å². The number of hydrogen-bond donors (Lipinski definition) is 1. The second-order valence-electron chi connectivity index (χ2n) is 12.5. The van der Waals surface area contributed by atoms with Crippen molar-refractivity contribution in [3.8, 4) is 16.9 Å². The van der Waals surface area contributed by atoms with Crippen LogP contribution in [0.5, 0.6) is 5.75 Å². The van der Waals surface area contributed by atoms with Crippen LogP contribution in [0.2, 0.25) is 5.02 Å². The lowest BCUT2D eigenvalue weighted by Gasteiger charge is -2.39. The monoisotopic (exact) mass is 673 g/mol. The lowest BCUT2D eigenvalue weighted by atomic mass is 9.88. The second-order valence-corrected chi connectivity index (χ2v) is 13.8. The van der Waals surface area contributed by atoms with E-state index >= 15 is 0 Å². The molecule has 0 bridgehead atoms. The summed E-state index contributed by atoms with van der Waals surface area (Å²) in [6.07, 6.45) is 6.30. The Bertz CT molecular complexity index is 2050. The number of halogens is 1. The van der Waals surface area contributed by atoms with E-state index in [2.05, 4.69) is 20.0 Å². The molecule has 7 rings (SSSR count). The van der Waals surface area contributed by atoms with Crippen LogP contribution in [0, 0.1) is 13.8 Å². The molecule has 0 radical (unpaired) electrons. The second kappa shape index (κ2) is 12.8. The van der Waals surface area contributed by atoms with Crippen molar-refractivity contribution in [3.63, 3.8) is 0 Å². The SMILES string of the molecule is Cc1cc(-c2cc(Cl)ccc2OCCn2c(C)nc3c(c2=O)C[C@@H](N2CCC(c4ncn(C)n4)CC2)CC3)c2scc(C(=O)O)c2n1. The van der Waals surface area contributed by atoms with Crippen molar-refractivity contribution in [1.82, 2.24) is 34.2 Å². The van der Waals surface area contributed by atoms with Gasteiger partial charge in [-0.3, -0.25) is 23.9 Å². The Morgan fingerprint density at radius 1 is 1.13 bits per heavy atom. The van der Waals surface area contributed by atoms with Crippen molar-refractivity contribution in [2.24, 2.45) is 7.05 Å². The molecule has 1 fully saturated rings. The van der Waals surface area contributed by atoms with Crippen LogP contribution >= 0.6 is 22.9 Å². The molecular weight excluding hydrogens is 638 g/mol. The molecule has 0 saturated carbocycles. The predicted molar refractivity (Wildman–Crippen MR) is 181 cm³/mol. The van der Waals surface area contributed by atoms with Gasteiger partial charge in [-0.2, -0.15) is 5.10 Å². The summed E-state index contributed by atoms with van der Waals surface area (Å²) >= 11 is 7.76. The van der Waals surface area contributed by atoms with E-state index in [0.717, 1.165) is 71.7 Å². The lowest BCUT2D eigenvalue weighted by Crippen LogP contribution is -2.46. The molecule has 244 valence electrons. The van der Waals surface area contributed by atoms with Gasteiger partial charge in [0.1, 0.15) is 24.5 Å². The van der Waals surface area contributed by atoms with Crippen LogP contribution in [-0.2, 0) is 26.4 Å². The summed E-state index contributed by atoms with van der Waals surface area (Å²) in [5, 5.41) is 16.3. The molecule has 0 unspecified atom stereocenters. The van der Waals surface area contributed by atoms with Crippen LogP contribution in [-0.4, -0.2) is 71.0 Å². The Balaban J connectivity index is 1.07. The van der Waals surface area contributed by atoms with Crippen molar-refractivity contribution in [1.29, 1.82) is 0 Å². The fourth-order valence-corrected chi connectivity index (χ4v) is 8.21. The molecule has 11 nitrogen and oxygen atoms in total. The van der Waals surface area contributed by atoms with E-state index in [0.29, 0.717) is 52.7 Å². The van der Waals surface area contributed by atoms with Crippen LogP contribution in [0.3, 0.4) is 0 Å². The number of likely N-dealkylation sites (tertiary alicyclic amines) is 1. The van der Waals surface area contributed by atoms with E-state index in [-0.39, 0.29) is 17.7 Å². The Morgan fingerprint density at radius 2 is 1.94 bits per heavy atom. The van der Waals surface area contributed by atoms with Crippen molar-refractivity contribution in [2.75, 3.05) is 19.7 Å². The fourth-order valence-electron chi connectivity index (χ4n) is 7.02. The van der Waals surface area contributed by atoms with E-state index in [1.165, 1.54) is 11.3 Å². The third-order valence-corrected chi connectivity index (χ3v) is 10.6. The molecule has 13 heteroatoms. The van der Waals surface area contributed by atoms with Crippen LogP contribution in [0.25, 0.3) is 21.3 Å². The zero-order valence-electron chi connectivity index (χ0n) is 26.6. The number of rotatable bonds is 8. The van der Waals surface area contributed by atoms with E-state index in [9.17, 15) is 14.7 Å². The van der Waals surface area contributed by atoms with E-state index < -0.39 is 5.97 Å². The smallest absolute Gasteiger partial charge is 0.338 e. The maximum absolute atomic E-state index is 13.9. The first-order valence-corrected chi connectivity index (χ1v) is 17.2. The minimum atomic E-state index is -1.02. The Labute approximate surface area is 280 Å². The number of carbonyl (C=O) groups is 1. The third kappa shape index (κ3) is 6.17. The van der Waals surface area contributed by atoms with Crippen LogP contribution < -0.4 is 10.3 Å². The average Bonchev–Trinajstić information content (AvgIpc) is 3.69. The van der Waals surface area contributed by atoms with Gasteiger partial charge in [-0.05, 0) is 83.3 Å². The van der Waals surface area contributed by atoms with Gasteiger partial charge in [0.2, 0.25) is 0 Å². The summed E-state index contributed by atoms with van der Waals surface area (Å²) < 4.78 is 10.6. The summed E-state index contributed by atoms with van der Waals surface area (Å²) in [5.74, 6) is 1.57. The maximum Gasteiger partial charge on any atom is 0.338 e. The quantitative estimate of drug-likeness (QED) is 0.229. The maximum atomic E-state index is 13.9. The van der Waals surface area contributed by atoms with Gasteiger partial charge in [-0.25, -0.2) is 14.8 Å². The Kier molecular flexibility index (Phi) is 8.58. The minimum Gasteiger partial charge on any atom is -0.491 e. The molecule has 2 aliphatic rings. The first-order valence-electron chi connectivity index (χ1n) is 15.9.